The second-order valence-corrected chi connectivity index (χ2v) is 4.17. The topological polar surface area (TPSA) is 89.1 Å². The average molecular weight is 257 g/mol. The quantitative estimate of drug-likeness (QED) is 0.849. The third-order valence-electron chi connectivity index (χ3n) is 2.76. The molecule has 0 saturated carbocycles. The minimum absolute atomic E-state index is 0.0720. The van der Waals surface area contributed by atoms with Crippen LogP contribution in [0.3, 0.4) is 0 Å². The fourth-order valence-corrected chi connectivity index (χ4v) is 1.70. The molecule has 5 nitrogen and oxygen atoms in total. The van der Waals surface area contributed by atoms with Gasteiger partial charge in [-0.25, -0.2) is 9.97 Å². The maximum absolute atomic E-state index is 10.5. The lowest BCUT2D eigenvalue weighted by Gasteiger charge is -2.04. The van der Waals surface area contributed by atoms with E-state index in [9.17, 15) is 4.79 Å². The van der Waals surface area contributed by atoms with Crippen molar-refractivity contribution in [1.82, 2.24) is 9.97 Å². The number of hydrogen-bond acceptors (Lipinski definition) is 4. The summed E-state index contributed by atoms with van der Waals surface area (Å²) in [6.07, 6.45) is 2.13. The molecule has 0 aliphatic carbocycles. The van der Waals surface area contributed by atoms with Crippen LogP contribution in [0.2, 0.25) is 0 Å². The number of aromatic nitrogens is 2. The van der Waals surface area contributed by atoms with Crippen molar-refractivity contribution in [3.05, 3.63) is 47.8 Å². The molecule has 2 aromatic rings. The molecule has 0 unspecified atom stereocenters. The van der Waals surface area contributed by atoms with E-state index in [1.807, 2.05) is 24.3 Å². The summed E-state index contributed by atoms with van der Waals surface area (Å²) in [6, 6.07) is 9.43. The lowest BCUT2D eigenvalue weighted by atomic mass is 10.1. The predicted molar refractivity (Wildman–Crippen MR) is 71.3 cm³/mol. The summed E-state index contributed by atoms with van der Waals surface area (Å²) < 4.78 is 0. The van der Waals surface area contributed by atoms with Gasteiger partial charge in [-0.3, -0.25) is 4.79 Å². The molecule has 0 spiro atoms. The van der Waals surface area contributed by atoms with Crippen molar-refractivity contribution in [2.45, 2.75) is 19.4 Å². The minimum atomic E-state index is -0.826. The van der Waals surface area contributed by atoms with Gasteiger partial charge in [0.2, 0.25) is 0 Å². The smallest absolute Gasteiger partial charge is 0.303 e. The van der Waals surface area contributed by atoms with Crippen molar-refractivity contribution in [1.29, 1.82) is 0 Å². The summed E-state index contributed by atoms with van der Waals surface area (Å²) in [5, 5.41) is 8.66. The molecule has 5 heteroatoms. The van der Waals surface area contributed by atoms with E-state index in [1.54, 1.807) is 12.3 Å². The van der Waals surface area contributed by atoms with E-state index < -0.39 is 5.97 Å². The molecule has 19 heavy (non-hydrogen) atoms. The summed E-state index contributed by atoms with van der Waals surface area (Å²) in [5.74, 6) is -0.223. The van der Waals surface area contributed by atoms with Crippen LogP contribution in [0.1, 0.15) is 17.7 Å². The lowest BCUT2D eigenvalue weighted by Crippen LogP contribution is -2.01. The van der Waals surface area contributed by atoms with E-state index in [1.165, 1.54) is 0 Å². The van der Waals surface area contributed by atoms with Crippen LogP contribution in [0.4, 0.5) is 0 Å². The Balaban J connectivity index is 2.19. The van der Waals surface area contributed by atoms with E-state index in [-0.39, 0.29) is 6.42 Å². The molecule has 0 aliphatic rings. The number of aryl methyl sites for hydroxylation is 1. The summed E-state index contributed by atoms with van der Waals surface area (Å²) in [4.78, 5) is 19.1. The highest BCUT2D eigenvalue weighted by Gasteiger charge is 2.04. The molecule has 0 saturated heterocycles. The number of rotatable bonds is 5. The normalized spacial score (nSPS) is 10.4. The second-order valence-electron chi connectivity index (χ2n) is 4.17. The Hall–Kier alpha value is -2.27. The number of benzene rings is 1. The molecule has 0 fully saturated rings. The van der Waals surface area contributed by atoms with Crippen molar-refractivity contribution in [2.75, 3.05) is 0 Å². The van der Waals surface area contributed by atoms with Crippen LogP contribution in [0.5, 0.6) is 0 Å². The third-order valence-corrected chi connectivity index (χ3v) is 2.76. The Kier molecular flexibility index (Phi) is 4.20. The van der Waals surface area contributed by atoms with Crippen LogP contribution in [-0.2, 0) is 17.8 Å². The highest BCUT2D eigenvalue weighted by Crippen LogP contribution is 2.16. The van der Waals surface area contributed by atoms with Gasteiger partial charge in [-0.05, 0) is 11.6 Å². The van der Waals surface area contributed by atoms with Crippen molar-refractivity contribution in [3.8, 4) is 11.4 Å². The molecule has 1 aromatic heterocycles. The lowest BCUT2D eigenvalue weighted by molar-refractivity contribution is -0.136. The maximum atomic E-state index is 10.5. The van der Waals surface area contributed by atoms with Crippen LogP contribution in [0.15, 0.2) is 36.5 Å². The molecule has 0 radical (unpaired) electrons. The zero-order valence-corrected chi connectivity index (χ0v) is 10.4. The van der Waals surface area contributed by atoms with E-state index >= 15 is 0 Å². The number of hydrogen-bond donors (Lipinski definition) is 2. The molecule has 2 rings (SSSR count). The number of carboxylic acid groups (broad SMARTS) is 1. The molecule has 0 amide bonds. The van der Waals surface area contributed by atoms with Crippen molar-refractivity contribution in [2.24, 2.45) is 5.73 Å². The van der Waals surface area contributed by atoms with Gasteiger partial charge in [0.1, 0.15) is 0 Å². The summed E-state index contributed by atoms with van der Waals surface area (Å²) >= 11 is 0. The number of nitrogens with two attached hydrogens (primary N) is 1. The predicted octanol–water partition coefficient (Wildman–Crippen LogP) is 1.62. The van der Waals surface area contributed by atoms with Crippen molar-refractivity contribution >= 4 is 5.97 Å². The van der Waals surface area contributed by atoms with Crippen LogP contribution in [0, 0.1) is 0 Å². The largest absolute Gasteiger partial charge is 0.481 e. The van der Waals surface area contributed by atoms with Gasteiger partial charge >= 0.3 is 5.97 Å². The molecule has 0 atom stereocenters. The van der Waals surface area contributed by atoms with Crippen LogP contribution >= 0.6 is 0 Å². The molecule has 98 valence electrons. The van der Waals surface area contributed by atoms with Gasteiger partial charge in [0, 0.05) is 30.4 Å². The SMILES string of the molecule is NCc1ccc(-c2nccc(CCC(=O)O)n2)cc1. The van der Waals surface area contributed by atoms with Gasteiger partial charge in [0.05, 0.1) is 6.42 Å². The van der Waals surface area contributed by atoms with E-state index in [0.29, 0.717) is 18.8 Å². The highest BCUT2D eigenvalue weighted by atomic mass is 16.4. The first-order valence-corrected chi connectivity index (χ1v) is 6.02. The average Bonchev–Trinajstić information content (AvgIpc) is 2.45. The van der Waals surface area contributed by atoms with Gasteiger partial charge in [0.15, 0.2) is 5.82 Å². The van der Waals surface area contributed by atoms with Gasteiger partial charge < -0.3 is 10.8 Å². The summed E-state index contributed by atoms with van der Waals surface area (Å²) in [5.41, 5.74) is 8.22. The van der Waals surface area contributed by atoms with Crippen molar-refractivity contribution in [3.63, 3.8) is 0 Å². The number of nitrogens with zero attached hydrogens (tertiary/aromatic N) is 2. The Bertz CT molecular complexity index is 567. The third kappa shape index (κ3) is 3.59. The molecule has 1 aromatic carbocycles. The van der Waals surface area contributed by atoms with Gasteiger partial charge in [0.25, 0.3) is 0 Å². The monoisotopic (exact) mass is 257 g/mol. The zero-order chi connectivity index (χ0) is 13.7. The molecule has 3 N–H and O–H groups in total. The van der Waals surface area contributed by atoms with Gasteiger partial charge in [-0.15, -0.1) is 0 Å². The maximum Gasteiger partial charge on any atom is 0.303 e. The molecule has 0 aliphatic heterocycles. The fraction of sp³-hybridized carbons (Fsp3) is 0.214. The fourth-order valence-electron chi connectivity index (χ4n) is 1.70. The van der Waals surface area contributed by atoms with Crippen LogP contribution in [0.25, 0.3) is 11.4 Å². The molecular formula is C14H15N3O2. The van der Waals surface area contributed by atoms with E-state index in [0.717, 1.165) is 16.8 Å². The van der Waals surface area contributed by atoms with Gasteiger partial charge in [-0.2, -0.15) is 0 Å². The van der Waals surface area contributed by atoms with Crippen LogP contribution < -0.4 is 5.73 Å². The second kappa shape index (κ2) is 6.06. The summed E-state index contributed by atoms with van der Waals surface area (Å²) in [6.45, 7) is 0.500. The number of aliphatic carboxylic acids is 1. The van der Waals surface area contributed by atoms with E-state index in [2.05, 4.69) is 9.97 Å². The summed E-state index contributed by atoms with van der Waals surface area (Å²) in [7, 11) is 0. The van der Waals surface area contributed by atoms with E-state index in [4.69, 9.17) is 10.8 Å². The Morgan fingerprint density at radius 1 is 1.21 bits per heavy atom. The molecular weight excluding hydrogens is 242 g/mol. The minimum Gasteiger partial charge on any atom is -0.481 e. The Morgan fingerprint density at radius 3 is 2.58 bits per heavy atom. The first-order valence-electron chi connectivity index (χ1n) is 6.02. The standard InChI is InChI=1S/C14H15N3O2/c15-9-10-1-3-11(4-2-10)14-16-8-7-12(17-14)5-6-13(18)19/h1-4,7-8H,5-6,9,15H2,(H,18,19). The first kappa shape index (κ1) is 13.2. The first-order chi connectivity index (χ1) is 9.19. The number of carbonyl (C=O) groups is 1. The van der Waals surface area contributed by atoms with Crippen LogP contribution in [-0.4, -0.2) is 21.0 Å². The number of carboxylic acids is 1. The highest BCUT2D eigenvalue weighted by molar-refractivity contribution is 5.67. The molecule has 0 bridgehead atoms. The Morgan fingerprint density at radius 2 is 1.95 bits per heavy atom. The van der Waals surface area contributed by atoms with Gasteiger partial charge in [-0.1, -0.05) is 24.3 Å². The van der Waals surface area contributed by atoms with Crippen molar-refractivity contribution < 1.29 is 9.90 Å². The molecule has 1 heterocycles. The zero-order valence-electron chi connectivity index (χ0n) is 10.4. The Labute approximate surface area is 111 Å².